The van der Waals surface area contributed by atoms with E-state index in [1.807, 2.05) is 6.92 Å². The van der Waals surface area contributed by atoms with Crippen molar-refractivity contribution in [2.45, 2.75) is 6.92 Å². The summed E-state index contributed by atoms with van der Waals surface area (Å²) in [5.41, 5.74) is 0. The molecular weight excluding hydrogens is 144 g/mol. The van der Waals surface area contributed by atoms with E-state index in [1.54, 1.807) is 4.90 Å². The number of likely N-dealkylation sites (N-methyl/N-ethyl adjacent to an activating group) is 1. The lowest BCUT2D eigenvalue weighted by molar-refractivity contribution is -0.0111. The van der Waals surface area contributed by atoms with Gasteiger partial charge in [-0.2, -0.15) is 0 Å². The molecule has 5 nitrogen and oxygen atoms in total. The number of amidine groups is 2. The molecule has 0 aromatic heterocycles. The molecule has 0 atom stereocenters. The number of rotatable bonds is 1. The van der Waals surface area contributed by atoms with Crippen LogP contribution in [-0.2, 0) is 0 Å². The normalized spacial score (nSPS) is 19.5. The maximum Gasteiger partial charge on any atom is 0.141 e. The van der Waals surface area contributed by atoms with Crippen LogP contribution >= 0.6 is 0 Å². The highest BCUT2D eigenvalue weighted by molar-refractivity contribution is 5.94. The number of hydroxylamine groups is 2. The second-order valence-corrected chi connectivity index (χ2v) is 2.47. The Bertz CT molecular complexity index is 191. The van der Waals surface area contributed by atoms with Crippen molar-refractivity contribution >= 4 is 11.7 Å². The Kier molecular flexibility index (Phi) is 2.09. The SMILES string of the molecule is CCN1CC(=N)N(O)CC1=N. The van der Waals surface area contributed by atoms with Gasteiger partial charge in [0.25, 0.3) is 0 Å². The van der Waals surface area contributed by atoms with Crippen molar-refractivity contribution in [3.8, 4) is 0 Å². The van der Waals surface area contributed by atoms with Gasteiger partial charge in [0.05, 0.1) is 6.54 Å². The maximum absolute atomic E-state index is 9.00. The molecule has 0 aromatic rings. The molecule has 1 aliphatic rings. The molecule has 62 valence electrons. The van der Waals surface area contributed by atoms with Gasteiger partial charge in [-0.1, -0.05) is 0 Å². The number of nitrogens with zero attached hydrogens (tertiary/aromatic N) is 2. The lowest BCUT2D eigenvalue weighted by atomic mass is 10.3. The van der Waals surface area contributed by atoms with Crippen LogP contribution in [0.5, 0.6) is 0 Å². The molecule has 0 amide bonds. The molecule has 1 fully saturated rings. The summed E-state index contributed by atoms with van der Waals surface area (Å²) in [5, 5.41) is 24.5. The van der Waals surface area contributed by atoms with E-state index in [9.17, 15) is 0 Å². The van der Waals surface area contributed by atoms with Gasteiger partial charge in [0.15, 0.2) is 0 Å². The first-order valence-electron chi connectivity index (χ1n) is 3.51. The zero-order chi connectivity index (χ0) is 8.43. The smallest absolute Gasteiger partial charge is 0.141 e. The Labute approximate surface area is 65.2 Å². The predicted molar refractivity (Wildman–Crippen MR) is 41.2 cm³/mol. The molecule has 1 saturated heterocycles. The second-order valence-electron chi connectivity index (χ2n) is 2.47. The first kappa shape index (κ1) is 8.00. The van der Waals surface area contributed by atoms with Crippen LogP contribution < -0.4 is 0 Å². The number of piperazine rings is 1. The Morgan fingerprint density at radius 3 is 2.55 bits per heavy atom. The molecule has 0 aliphatic carbocycles. The number of hydrogen-bond acceptors (Lipinski definition) is 3. The highest BCUT2D eigenvalue weighted by Crippen LogP contribution is 2.01. The quantitative estimate of drug-likeness (QED) is 0.499. The van der Waals surface area contributed by atoms with Gasteiger partial charge in [-0.3, -0.25) is 16.0 Å². The Morgan fingerprint density at radius 1 is 1.36 bits per heavy atom. The van der Waals surface area contributed by atoms with Gasteiger partial charge in [0, 0.05) is 6.54 Å². The van der Waals surface area contributed by atoms with Gasteiger partial charge in [0.1, 0.15) is 18.2 Å². The van der Waals surface area contributed by atoms with E-state index < -0.39 is 0 Å². The minimum atomic E-state index is 0.132. The summed E-state index contributed by atoms with van der Waals surface area (Å²) in [7, 11) is 0. The molecule has 3 N–H and O–H groups in total. The fourth-order valence-corrected chi connectivity index (χ4v) is 0.998. The van der Waals surface area contributed by atoms with Crippen molar-refractivity contribution in [2.75, 3.05) is 19.6 Å². The average Bonchev–Trinajstić information content (AvgIpc) is 1.97. The highest BCUT2D eigenvalue weighted by atomic mass is 16.5. The molecule has 0 saturated carbocycles. The second kappa shape index (κ2) is 2.87. The summed E-state index contributed by atoms with van der Waals surface area (Å²) in [5.74, 6) is 0.522. The van der Waals surface area contributed by atoms with Gasteiger partial charge < -0.3 is 4.90 Å². The minimum absolute atomic E-state index is 0.132. The van der Waals surface area contributed by atoms with Gasteiger partial charge in [-0.05, 0) is 6.92 Å². The molecule has 5 heteroatoms. The molecule has 0 spiro atoms. The van der Waals surface area contributed by atoms with Crippen LogP contribution in [0.3, 0.4) is 0 Å². The lowest BCUT2D eigenvalue weighted by Crippen LogP contribution is -2.51. The van der Waals surface area contributed by atoms with Crippen LogP contribution in [0, 0.1) is 10.8 Å². The Morgan fingerprint density at radius 2 is 2.00 bits per heavy atom. The highest BCUT2D eigenvalue weighted by Gasteiger charge is 2.21. The van der Waals surface area contributed by atoms with Crippen LogP contribution in [-0.4, -0.2) is 46.5 Å². The van der Waals surface area contributed by atoms with Crippen molar-refractivity contribution in [2.24, 2.45) is 0 Å². The van der Waals surface area contributed by atoms with Crippen LogP contribution in [0.4, 0.5) is 0 Å². The third-order valence-electron chi connectivity index (χ3n) is 1.72. The van der Waals surface area contributed by atoms with Crippen molar-refractivity contribution < 1.29 is 5.21 Å². The van der Waals surface area contributed by atoms with Gasteiger partial charge in [-0.25, -0.2) is 5.06 Å². The third-order valence-corrected chi connectivity index (χ3v) is 1.72. The predicted octanol–water partition coefficient (Wildman–Crippen LogP) is -0.0324. The number of hydrogen-bond donors (Lipinski definition) is 3. The Hall–Kier alpha value is -1.10. The maximum atomic E-state index is 9.00. The molecule has 0 aromatic carbocycles. The van der Waals surface area contributed by atoms with Crippen molar-refractivity contribution in [1.82, 2.24) is 9.96 Å². The molecule has 1 aliphatic heterocycles. The molecule has 1 heterocycles. The molecule has 11 heavy (non-hydrogen) atoms. The minimum Gasteiger partial charge on any atom is -0.352 e. The summed E-state index contributed by atoms with van der Waals surface area (Å²) in [4.78, 5) is 1.75. The lowest BCUT2D eigenvalue weighted by Gasteiger charge is -2.33. The van der Waals surface area contributed by atoms with E-state index in [4.69, 9.17) is 16.0 Å². The van der Waals surface area contributed by atoms with Crippen LogP contribution in [0.15, 0.2) is 0 Å². The van der Waals surface area contributed by atoms with E-state index >= 15 is 0 Å². The summed E-state index contributed by atoms with van der Waals surface area (Å²) in [6.07, 6.45) is 0. The summed E-state index contributed by atoms with van der Waals surface area (Å²) < 4.78 is 0. The topological polar surface area (TPSA) is 74.4 Å². The molecule has 1 rings (SSSR count). The van der Waals surface area contributed by atoms with Gasteiger partial charge in [-0.15, -0.1) is 0 Å². The van der Waals surface area contributed by atoms with E-state index in [1.165, 1.54) is 0 Å². The van der Waals surface area contributed by atoms with E-state index in [-0.39, 0.29) is 12.4 Å². The fraction of sp³-hybridized carbons (Fsp3) is 0.667. The summed E-state index contributed by atoms with van der Waals surface area (Å²) in [6.45, 7) is 3.11. The molecule has 0 radical (unpaired) electrons. The van der Waals surface area contributed by atoms with Crippen LogP contribution in [0.2, 0.25) is 0 Å². The van der Waals surface area contributed by atoms with E-state index in [0.29, 0.717) is 12.4 Å². The van der Waals surface area contributed by atoms with Crippen LogP contribution in [0.25, 0.3) is 0 Å². The molecule has 0 bridgehead atoms. The average molecular weight is 156 g/mol. The third kappa shape index (κ3) is 1.48. The zero-order valence-electron chi connectivity index (χ0n) is 6.46. The van der Waals surface area contributed by atoms with Crippen LogP contribution in [0.1, 0.15) is 6.92 Å². The van der Waals surface area contributed by atoms with Gasteiger partial charge in [0.2, 0.25) is 0 Å². The summed E-state index contributed by atoms with van der Waals surface area (Å²) >= 11 is 0. The fourth-order valence-electron chi connectivity index (χ4n) is 0.998. The largest absolute Gasteiger partial charge is 0.352 e. The first-order chi connectivity index (χ1) is 5.15. The van der Waals surface area contributed by atoms with Crippen molar-refractivity contribution in [3.63, 3.8) is 0 Å². The summed E-state index contributed by atoms with van der Waals surface area (Å²) in [6, 6.07) is 0. The standard InChI is InChI=1S/C6H12N4O/c1-2-9-3-6(8)10(11)4-5(9)7/h7-8,11H,2-4H2,1H3. The monoisotopic (exact) mass is 156 g/mol. The molecular formula is C6H12N4O. The number of nitrogens with one attached hydrogen (secondary N) is 2. The zero-order valence-corrected chi connectivity index (χ0v) is 6.46. The Balaban J connectivity index is 2.62. The first-order valence-corrected chi connectivity index (χ1v) is 3.51. The van der Waals surface area contributed by atoms with Crippen molar-refractivity contribution in [1.29, 1.82) is 10.8 Å². The molecule has 0 unspecified atom stereocenters. The van der Waals surface area contributed by atoms with Crippen molar-refractivity contribution in [3.05, 3.63) is 0 Å². The van der Waals surface area contributed by atoms with Gasteiger partial charge >= 0.3 is 0 Å². The van der Waals surface area contributed by atoms with E-state index in [0.717, 1.165) is 11.6 Å². The van der Waals surface area contributed by atoms with E-state index in [2.05, 4.69) is 0 Å².